The lowest BCUT2D eigenvalue weighted by Gasteiger charge is -2.28. The Bertz CT molecular complexity index is 484. The van der Waals surface area contributed by atoms with Gasteiger partial charge in [-0.2, -0.15) is 0 Å². The summed E-state index contributed by atoms with van der Waals surface area (Å²) in [4.78, 5) is 12.4. The number of hydrogen-bond acceptors (Lipinski definition) is 4. The monoisotopic (exact) mass is 292 g/mol. The number of amides is 1. The van der Waals surface area contributed by atoms with E-state index >= 15 is 0 Å². The summed E-state index contributed by atoms with van der Waals surface area (Å²) in [7, 11) is 0. The molecule has 0 aromatic heterocycles. The predicted molar refractivity (Wildman–Crippen MR) is 82.5 cm³/mol. The molecule has 2 rings (SSSR count). The fraction of sp³-hybridized carbons (Fsp3) is 0.562. The Balaban J connectivity index is 2.01. The minimum atomic E-state index is -0.109. The number of nitrogens with one attached hydrogen (secondary N) is 1. The molecule has 1 aliphatic heterocycles. The van der Waals surface area contributed by atoms with Crippen LogP contribution in [0.4, 0.5) is 5.69 Å². The average molecular weight is 292 g/mol. The molecule has 1 aromatic rings. The van der Waals surface area contributed by atoms with E-state index in [-0.39, 0.29) is 11.9 Å². The predicted octanol–water partition coefficient (Wildman–Crippen LogP) is 2.21. The second-order valence-electron chi connectivity index (χ2n) is 5.44. The maximum Gasteiger partial charge on any atom is 0.251 e. The molecule has 0 aliphatic carbocycles. The number of ether oxygens (including phenoxy) is 2. The van der Waals surface area contributed by atoms with Gasteiger partial charge >= 0.3 is 0 Å². The molecule has 5 heteroatoms. The highest BCUT2D eigenvalue weighted by Crippen LogP contribution is 2.21. The molecule has 0 bridgehead atoms. The van der Waals surface area contributed by atoms with Crippen molar-refractivity contribution < 1.29 is 14.3 Å². The highest BCUT2D eigenvalue weighted by molar-refractivity contribution is 5.95. The number of rotatable bonds is 5. The van der Waals surface area contributed by atoms with Gasteiger partial charge in [0.05, 0.1) is 6.61 Å². The zero-order chi connectivity index (χ0) is 15.2. The van der Waals surface area contributed by atoms with Gasteiger partial charge in [0.15, 0.2) is 0 Å². The van der Waals surface area contributed by atoms with Crippen LogP contribution in [0.15, 0.2) is 18.2 Å². The van der Waals surface area contributed by atoms with Crippen molar-refractivity contribution in [2.45, 2.75) is 32.7 Å². The zero-order valence-electron chi connectivity index (χ0n) is 12.7. The van der Waals surface area contributed by atoms with Crippen LogP contribution in [0.5, 0.6) is 5.75 Å². The van der Waals surface area contributed by atoms with Crippen LogP contribution >= 0.6 is 0 Å². The normalized spacial score (nSPS) is 17.2. The van der Waals surface area contributed by atoms with E-state index in [9.17, 15) is 4.79 Å². The fourth-order valence-corrected chi connectivity index (χ4v) is 2.63. The largest absolute Gasteiger partial charge is 0.494 e. The standard InChI is InChI=1S/C16H24N2O3/c1-3-21-15-9-13(8-14(17)10-15)16(19)18-11(2)12-4-6-20-7-5-12/h8-12H,3-7,17H2,1-2H3,(H,18,19). The first-order valence-electron chi connectivity index (χ1n) is 7.52. The molecule has 1 fully saturated rings. The number of carbonyl (C=O) groups is 1. The summed E-state index contributed by atoms with van der Waals surface area (Å²) in [5.74, 6) is 0.985. The third kappa shape index (κ3) is 4.36. The van der Waals surface area contributed by atoms with Crippen LogP contribution in [-0.4, -0.2) is 31.8 Å². The van der Waals surface area contributed by atoms with Crippen molar-refractivity contribution in [2.75, 3.05) is 25.6 Å². The molecule has 5 nitrogen and oxygen atoms in total. The van der Waals surface area contributed by atoms with Crippen molar-refractivity contribution in [2.24, 2.45) is 5.92 Å². The van der Waals surface area contributed by atoms with Crippen molar-refractivity contribution >= 4 is 11.6 Å². The van der Waals surface area contributed by atoms with Crippen LogP contribution in [0.25, 0.3) is 0 Å². The summed E-state index contributed by atoms with van der Waals surface area (Å²) in [6.45, 7) is 6.04. The molecular weight excluding hydrogens is 268 g/mol. The number of benzene rings is 1. The van der Waals surface area contributed by atoms with Crippen molar-refractivity contribution in [1.29, 1.82) is 0 Å². The molecule has 1 heterocycles. The molecule has 21 heavy (non-hydrogen) atoms. The Hall–Kier alpha value is -1.75. The highest BCUT2D eigenvalue weighted by atomic mass is 16.5. The lowest BCUT2D eigenvalue weighted by molar-refractivity contribution is 0.0538. The molecule has 1 amide bonds. The van der Waals surface area contributed by atoms with Crippen molar-refractivity contribution in [3.63, 3.8) is 0 Å². The lowest BCUT2D eigenvalue weighted by atomic mass is 9.93. The summed E-state index contributed by atoms with van der Waals surface area (Å²) in [6.07, 6.45) is 1.98. The Kier molecular flexibility index (Phi) is 5.44. The fourth-order valence-electron chi connectivity index (χ4n) is 2.63. The quantitative estimate of drug-likeness (QED) is 0.816. The molecule has 116 valence electrons. The molecule has 1 saturated heterocycles. The average Bonchev–Trinajstić information content (AvgIpc) is 2.48. The van der Waals surface area contributed by atoms with E-state index in [4.69, 9.17) is 15.2 Å². The number of nitrogens with two attached hydrogens (primary N) is 1. The SMILES string of the molecule is CCOc1cc(N)cc(C(=O)NC(C)C2CCOCC2)c1. The first-order chi connectivity index (χ1) is 10.1. The number of nitrogen functional groups attached to an aromatic ring is 1. The van der Waals surface area contributed by atoms with Crippen LogP contribution < -0.4 is 15.8 Å². The van der Waals surface area contributed by atoms with E-state index in [1.54, 1.807) is 18.2 Å². The molecule has 0 saturated carbocycles. The van der Waals surface area contributed by atoms with E-state index in [1.165, 1.54) is 0 Å². The van der Waals surface area contributed by atoms with Gasteiger partial charge < -0.3 is 20.5 Å². The smallest absolute Gasteiger partial charge is 0.251 e. The molecule has 1 unspecified atom stereocenters. The summed E-state index contributed by atoms with van der Waals surface area (Å²) in [5.41, 5.74) is 6.90. The molecule has 0 radical (unpaired) electrons. The van der Waals surface area contributed by atoms with E-state index in [0.717, 1.165) is 26.1 Å². The van der Waals surface area contributed by atoms with Crippen LogP contribution in [0.3, 0.4) is 0 Å². The van der Waals surface area contributed by atoms with Gasteiger partial charge in [0.1, 0.15) is 5.75 Å². The number of anilines is 1. The van der Waals surface area contributed by atoms with Crippen LogP contribution in [0.1, 0.15) is 37.0 Å². The first kappa shape index (κ1) is 15.6. The van der Waals surface area contributed by atoms with Gasteiger partial charge in [-0.3, -0.25) is 4.79 Å². The first-order valence-corrected chi connectivity index (χ1v) is 7.52. The molecular formula is C16H24N2O3. The maximum absolute atomic E-state index is 12.4. The van der Waals surface area contributed by atoms with Crippen molar-refractivity contribution in [1.82, 2.24) is 5.32 Å². The van der Waals surface area contributed by atoms with Crippen molar-refractivity contribution in [3.05, 3.63) is 23.8 Å². The van der Waals surface area contributed by atoms with Gasteiger partial charge in [0, 0.05) is 36.6 Å². The van der Waals surface area contributed by atoms with Gasteiger partial charge in [0.25, 0.3) is 5.91 Å². The lowest BCUT2D eigenvalue weighted by Crippen LogP contribution is -2.40. The van der Waals surface area contributed by atoms with Crippen LogP contribution in [0, 0.1) is 5.92 Å². The Morgan fingerprint density at radius 1 is 1.43 bits per heavy atom. The number of hydrogen-bond donors (Lipinski definition) is 2. The van der Waals surface area contributed by atoms with E-state index in [0.29, 0.717) is 29.5 Å². The molecule has 0 spiro atoms. The summed E-state index contributed by atoms with van der Waals surface area (Å²) in [6, 6.07) is 5.25. The molecule has 1 aliphatic rings. The second-order valence-corrected chi connectivity index (χ2v) is 5.44. The third-order valence-electron chi connectivity index (χ3n) is 3.83. The van der Waals surface area contributed by atoms with Gasteiger partial charge in [-0.05, 0) is 44.7 Å². The van der Waals surface area contributed by atoms with E-state index in [2.05, 4.69) is 5.32 Å². The van der Waals surface area contributed by atoms with Gasteiger partial charge in [-0.25, -0.2) is 0 Å². The number of carbonyl (C=O) groups excluding carboxylic acids is 1. The minimum absolute atomic E-state index is 0.109. The third-order valence-corrected chi connectivity index (χ3v) is 3.83. The minimum Gasteiger partial charge on any atom is -0.494 e. The van der Waals surface area contributed by atoms with Crippen LogP contribution in [-0.2, 0) is 4.74 Å². The summed E-state index contributed by atoms with van der Waals surface area (Å²) in [5, 5.41) is 3.06. The van der Waals surface area contributed by atoms with Gasteiger partial charge in [-0.15, -0.1) is 0 Å². The molecule has 1 aromatic carbocycles. The van der Waals surface area contributed by atoms with Crippen molar-refractivity contribution in [3.8, 4) is 5.75 Å². The summed E-state index contributed by atoms with van der Waals surface area (Å²) < 4.78 is 10.8. The zero-order valence-corrected chi connectivity index (χ0v) is 12.7. The van der Waals surface area contributed by atoms with E-state index in [1.807, 2.05) is 13.8 Å². The molecule has 3 N–H and O–H groups in total. The maximum atomic E-state index is 12.4. The van der Waals surface area contributed by atoms with E-state index < -0.39 is 0 Å². The van der Waals surface area contributed by atoms with Crippen LogP contribution in [0.2, 0.25) is 0 Å². The Morgan fingerprint density at radius 3 is 2.81 bits per heavy atom. The highest BCUT2D eigenvalue weighted by Gasteiger charge is 2.22. The molecule has 1 atom stereocenters. The second kappa shape index (κ2) is 7.31. The summed E-state index contributed by atoms with van der Waals surface area (Å²) >= 11 is 0. The van der Waals surface area contributed by atoms with Gasteiger partial charge in [-0.1, -0.05) is 0 Å². The van der Waals surface area contributed by atoms with Gasteiger partial charge in [0.2, 0.25) is 0 Å². The Labute approximate surface area is 125 Å². The Morgan fingerprint density at radius 2 is 2.14 bits per heavy atom. The topological polar surface area (TPSA) is 73.6 Å².